The molecule has 1 atom stereocenters. The van der Waals surface area contributed by atoms with E-state index in [1.165, 1.54) is 22.3 Å². The molecule has 1 aliphatic rings. The van der Waals surface area contributed by atoms with Gasteiger partial charge in [0.1, 0.15) is 5.65 Å². The molecule has 0 saturated carbocycles. The summed E-state index contributed by atoms with van der Waals surface area (Å²) in [6, 6.07) is 26.5. The van der Waals surface area contributed by atoms with E-state index in [1.807, 2.05) is 59.2 Å². The Kier molecular flexibility index (Phi) is 3.36. The van der Waals surface area contributed by atoms with Crippen LogP contribution in [0, 0.1) is 0 Å². The van der Waals surface area contributed by atoms with Crippen molar-refractivity contribution in [3.63, 3.8) is 0 Å². The second-order valence-electron chi connectivity index (χ2n) is 7.91. The Morgan fingerprint density at radius 2 is 1.59 bits per heavy atom. The fourth-order valence-electron chi connectivity index (χ4n) is 4.89. The van der Waals surface area contributed by atoms with E-state index in [0.29, 0.717) is 5.92 Å². The Balaban J connectivity index is 1.87. The van der Waals surface area contributed by atoms with Crippen molar-refractivity contribution in [1.82, 2.24) is 8.97 Å². The standard InChI is InChI=1S/C26H20N2O/c1-17-15-18-16-27-23-14-8-7-13-22(23)26(29)28(19-9-3-2-4-10-19)25(27)24(18)21-12-6-5-11-20(17)21/h2-14,16-17H,15H2,1H3. The Hall–Kier alpha value is -3.59. The van der Waals surface area contributed by atoms with Gasteiger partial charge in [-0.15, -0.1) is 0 Å². The summed E-state index contributed by atoms with van der Waals surface area (Å²) < 4.78 is 4.09. The second-order valence-corrected chi connectivity index (χ2v) is 7.91. The quantitative estimate of drug-likeness (QED) is 0.376. The molecule has 2 heterocycles. The van der Waals surface area contributed by atoms with Crippen molar-refractivity contribution >= 4 is 16.6 Å². The van der Waals surface area contributed by atoms with Crippen LogP contribution in [-0.2, 0) is 6.42 Å². The van der Waals surface area contributed by atoms with Crippen LogP contribution in [0.15, 0.2) is 89.9 Å². The average Bonchev–Trinajstić information content (AvgIpc) is 3.14. The predicted octanol–water partition coefficient (Wildman–Crippen LogP) is 5.57. The van der Waals surface area contributed by atoms with Crippen LogP contribution in [0.5, 0.6) is 0 Å². The third-order valence-corrected chi connectivity index (χ3v) is 6.17. The summed E-state index contributed by atoms with van der Waals surface area (Å²) in [5, 5.41) is 0.734. The zero-order chi connectivity index (χ0) is 19.5. The lowest BCUT2D eigenvalue weighted by Crippen LogP contribution is -2.21. The molecular weight excluding hydrogens is 356 g/mol. The monoisotopic (exact) mass is 376 g/mol. The van der Waals surface area contributed by atoms with E-state index in [0.717, 1.165) is 28.7 Å². The van der Waals surface area contributed by atoms with Crippen LogP contribution in [0.25, 0.3) is 33.4 Å². The highest BCUT2D eigenvalue weighted by atomic mass is 16.1. The van der Waals surface area contributed by atoms with Crippen molar-refractivity contribution < 1.29 is 0 Å². The Labute approximate surface area is 168 Å². The van der Waals surface area contributed by atoms with Crippen molar-refractivity contribution in [1.29, 1.82) is 0 Å². The molecule has 0 amide bonds. The number of nitrogens with zero attached hydrogens (tertiary/aromatic N) is 2. The molecular formula is C26H20N2O. The minimum atomic E-state index is 0.0244. The first-order valence-electron chi connectivity index (χ1n) is 10.1. The van der Waals surface area contributed by atoms with E-state index in [1.54, 1.807) is 0 Å². The highest BCUT2D eigenvalue weighted by Gasteiger charge is 2.27. The molecule has 5 aromatic rings. The fraction of sp³-hybridized carbons (Fsp3) is 0.115. The Morgan fingerprint density at radius 3 is 2.45 bits per heavy atom. The zero-order valence-electron chi connectivity index (χ0n) is 16.2. The number of rotatable bonds is 1. The molecule has 6 rings (SSSR count). The lowest BCUT2D eigenvalue weighted by molar-refractivity contribution is 0.750. The summed E-state index contributed by atoms with van der Waals surface area (Å²) in [4.78, 5) is 13.7. The van der Waals surface area contributed by atoms with Crippen molar-refractivity contribution in [2.75, 3.05) is 0 Å². The lowest BCUT2D eigenvalue weighted by atomic mass is 9.81. The topological polar surface area (TPSA) is 26.4 Å². The van der Waals surface area contributed by atoms with E-state index in [-0.39, 0.29) is 5.56 Å². The van der Waals surface area contributed by atoms with Crippen molar-refractivity contribution in [2.45, 2.75) is 19.3 Å². The van der Waals surface area contributed by atoms with Crippen molar-refractivity contribution in [2.24, 2.45) is 0 Å². The van der Waals surface area contributed by atoms with Crippen molar-refractivity contribution in [3.05, 3.63) is 107 Å². The molecule has 0 aliphatic heterocycles. The van der Waals surface area contributed by atoms with Crippen molar-refractivity contribution in [3.8, 4) is 16.8 Å². The molecule has 3 nitrogen and oxygen atoms in total. The van der Waals surface area contributed by atoms with Crippen LogP contribution in [0.1, 0.15) is 24.0 Å². The van der Waals surface area contributed by atoms with E-state index in [9.17, 15) is 4.79 Å². The molecule has 1 aliphatic carbocycles. The third-order valence-electron chi connectivity index (χ3n) is 6.17. The van der Waals surface area contributed by atoms with Crippen LogP contribution >= 0.6 is 0 Å². The van der Waals surface area contributed by atoms with Gasteiger partial charge in [-0.2, -0.15) is 0 Å². The summed E-state index contributed by atoms with van der Waals surface area (Å²) in [5.74, 6) is 0.458. The molecule has 0 bridgehead atoms. The first-order chi connectivity index (χ1) is 14.2. The van der Waals surface area contributed by atoms with Gasteiger partial charge in [0.15, 0.2) is 0 Å². The summed E-state index contributed by atoms with van der Waals surface area (Å²) in [6.07, 6.45) is 3.21. The molecule has 0 fully saturated rings. The van der Waals surface area contributed by atoms with E-state index >= 15 is 0 Å². The fourth-order valence-corrected chi connectivity index (χ4v) is 4.89. The minimum Gasteiger partial charge on any atom is -0.301 e. The Bertz CT molecular complexity index is 1460. The molecule has 29 heavy (non-hydrogen) atoms. The van der Waals surface area contributed by atoms with E-state index in [2.05, 4.69) is 41.8 Å². The maximum atomic E-state index is 13.7. The van der Waals surface area contributed by atoms with Crippen LogP contribution in [0.2, 0.25) is 0 Å². The normalized spacial score (nSPS) is 15.4. The first-order valence-corrected chi connectivity index (χ1v) is 10.1. The van der Waals surface area contributed by atoms with Crippen LogP contribution in [0.4, 0.5) is 0 Å². The smallest absolute Gasteiger partial charge is 0.266 e. The van der Waals surface area contributed by atoms with Gasteiger partial charge in [0.2, 0.25) is 0 Å². The molecule has 1 unspecified atom stereocenters. The maximum Gasteiger partial charge on any atom is 0.266 e. The highest BCUT2D eigenvalue weighted by molar-refractivity contribution is 5.92. The van der Waals surface area contributed by atoms with Gasteiger partial charge < -0.3 is 4.40 Å². The predicted molar refractivity (Wildman–Crippen MR) is 118 cm³/mol. The van der Waals surface area contributed by atoms with Gasteiger partial charge >= 0.3 is 0 Å². The van der Waals surface area contributed by atoms with E-state index < -0.39 is 0 Å². The zero-order valence-corrected chi connectivity index (χ0v) is 16.2. The summed E-state index contributed by atoms with van der Waals surface area (Å²) in [7, 11) is 0. The van der Waals surface area contributed by atoms with Gasteiger partial charge in [0, 0.05) is 11.8 Å². The third kappa shape index (κ3) is 2.21. The highest BCUT2D eigenvalue weighted by Crippen LogP contribution is 2.43. The number of hydrogen-bond acceptors (Lipinski definition) is 1. The molecule has 2 aromatic heterocycles. The molecule has 0 spiro atoms. The number of aromatic nitrogens is 2. The van der Waals surface area contributed by atoms with Gasteiger partial charge in [-0.3, -0.25) is 9.36 Å². The largest absolute Gasteiger partial charge is 0.301 e. The molecule has 3 heteroatoms. The number of hydrogen-bond donors (Lipinski definition) is 0. The lowest BCUT2D eigenvalue weighted by Gasteiger charge is -2.23. The van der Waals surface area contributed by atoms with Gasteiger partial charge in [-0.1, -0.05) is 61.5 Å². The summed E-state index contributed by atoms with van der Waals surface area (Å²) in [5.41, 5.74) is 7.91. The SMILES string of the molecule is CC1Cc2cn3c4ccccc4c(=O)n(-c4ccccc4)c3c2-c2ccccc21. The summed E-state index contributed by atoms with van der Waals surface area (Å²) in [6.45, 7) is 2.28. The molecule has 3 aromatic carbocycles. The van der Waals surface area contributed by atoms with E-state index in [4.69, 9.17) is 0 Å². The van der Waals surface area contributed by atoms with Gasteiger partial charge in [-0.05, 0) is 53.3 Å². The Morgan fingerprint density at radius 1 is 0.862 bits per heavy atom. The van der Waals surface area contributed by atoms with Crippen LogP contribution in [-0.4, -0.2) is 8.97 Å². The number of benzene rings is 3. The summed E-state index contributed by atoms with van der Waals surface area (Å²) >= 11 is 0. The molecule has 140 valence electrons. The van der Waals surface area contributed by atoms with Crippen LogP contribution < -0.4 is 5.56 Å². The van der Waals surface area contributed by atoms with Gasteiger partial charge in [-0.25, -0.2) is 0 Å². The molecule has 0 radical (unpaired) electrons. The minimum absolute atomic E-state index is 0.0244. The average molecular weight is 376 g/mol. The molecule has 0 N–H and O–H groups in total. The van der Waals surface area contributed by atoms with Gasteiger partial charge in [0.25, 0.3) is 5.56 Å². The van der Waals surface area contributed by atoms with Gasteiger partial charge in [0.05, 0.1) is 16.6 Å². The maximum absolute atomic E-state index is 13.7. The number of para-hydroxylation sites is 2. The number of fused-ring (bicyclic) bond motifs is 7. The second kappa shape index (κ2) is 5.95. The van der Waals surface area contributed by atoms with Crippen LogP contribution in [0.3, 0.4) is 0 Å². The first kappa shape index (κ1) is 16.4. The molecule has 0 saturated heterocycles.